The molecule has 0 aliphatic heterocycles. The van der Waals surface area contributed by atoms with Crippen molar-refractivity contribution in [3.8, 4) is 0 Å². The van der Waals surface area contributed by atoms with Crippen LogP contribution in [-0.2, 0) is 4.74 Å². The summed E-state index contributed by atoms with van der Waals surface area (Å²) in [7, 11) is 1.64. The third kappa shape index (κ3) is 5.21. The number of amides is 1. The summed E-state index contributed by atoms with van der Waals surface area (Å²) in [6.07, 6.45) is 0.994. The van der Waals surface area contributed by atoms with Crippen molar-refractivity contribution in [3.05, 3.63) is 28.8 Å². The fourth-order valence-corrected chi connectivity index (χ4v) is 2.22. The Balaban J connectivity index is 3.04. The molecule has 1 rings (SSSR count). The zero-order valence-electron chi connectivity index (χ0n) is 13.3. The lowest BCUT2D eigenvalue weighted by Crippen LogP contribution is -2.39. The van der Waals surface area contributed by atoms with E-state index in [0.717, 1.165) is 18.7 Å². The van der Waals surface area contributed by atoms with Gasteiger partial charge < -0.3 is 15.0 Å². The summed E-state index contributed by atoms with van der Waals surface area (Å²) in [6.45, 7) is 7.98. The van der Waals surface area contributed by atoms with Crippen LogP contribution < -0.4 is 5.32 Å². The first kappa shape index (κ1) is 17.8. The predicted molar refractivity (Wildman–Crippen MR) is 88.3 cm³/mol. The molecule has 21 heavy (non-hydrogen) atoms. The standard InChI is InChI=1S/C16H25ClN2O2/c1-5-8-18-15-7-6-13(17)11-14(15)16(20)19(12(2)3)9-10-21-4/h6-7,11-12,18H,5,8-10H2,1-4H3. The lowest BCUT2D eigenvalue weighted by Gasteiger charge is -2.27. The minimum Gasteiger partial charge on any atom is -0.384 e. The number of nitrogens with zero attached hydrogens (tertiary/aromatic N) is 1. The maximum absolute atomic E-state index is 12.8. The van der Waals surface area contributed by atoms with Crippen molar-refractivity contribution in [2.24, 2.45) is 0 Å². The summed E-state index contributed by atoms with van der Waals surface area (Å²) in [4.78, 5) is 14.6. The lowest BCUT2D eigenvalue weighted by molar-refractivity contribution is 0.0636. The molecule has 118 valence electrons. The molecule has 1 aromatic carbocycles. The number of anilines is 1. The Morgan fingerprint density at radius 2 is 2.14 bits per heavy atom. The molecule has 1 aromatic rings. The zero-order valence-corrected chi connectivity index (χ0v) is 14.0. The van der Waals surface area contributed by atoms with Crippen molar-refractivity contribution in [2.45, 2.75) is 33.2 Å². The third-order valence-electron chi connectivity index (χ3n) is 3.20. The molecule has 0 saturated heterocycles. The molecule has 0 atom stereocenters. The van der Waals surface area contributed by atoms with Gasteiger partial charge in [0.2, 0.25) is 0 Å². The Labute approximate surface area is 132 Å². The van der Waals surface area contributed by atoms with Crippen molar-refractivity contribution in [3.63, 3.8) is 0 Å². The molecule has 0 spiro atoms. The first-order chi connectivity index (χ1) is 10.0. The van der Waals surface area contributed by atoms with E-state index in [2.05, 4.69) is 12.2 Å². The normalized spacial score (nSPS) is 10.8. The first-order valence-electron chi connectivity index (χ1n) is 7.34. The highest BCUT2D eigenvalue weighted by Gasteiger charge is 2.21. The van der Waals surface area contributed by atoms with E-state index < -0.39 is 0 Å². The molecule has 1 amide bonds. The van der Waals surface area contributed by atoms with E-state index in [-0.39, 0.29) is 11.9 Å². The van der Waals surface area contributed by atoms with E-state index in [9.17, 15) is 4.79 Å². The quantitative estimate of drug-likeness (QED) is 0.796. The average molecular weight is 313 g/mol. The fraction of sp³-hybridized carbons (Fsp3) is 0.562. The van der Waals surface area contributed by atoms with Crippen molar-refractivity contribution in [1.29, 1.82) is 0 Å². The Morgan fingerprint density at radius 3 is 2.71 bits per heavy atom. The van der Waals surface area contributed by atoms with Crippen LogP contribution >= 0.6 is 11.6 Å². The van der Waals surface area contributed by atoms with Crippen molar-refractivity contribution < 1.29 is 9.53 Å². The molecular weight excluding hydrogens is 288 g/mol. The molecule has 0 heterocycles. The smallest absolute Gasteiger partial charge is 0.256 e. The second-order valence-electron chi connectivity index (χ2n) is 5.20. The Bertz CT molecular complexity index is 464. The highest BCUT2D eigenvalue weighted by atomic mass is 35.5. The number of nitrogens with one attached hydrogen (secondary N) is 1. The molecule has 0 fully saturated rings. The molecular formula is C16H25ClN2O2. The SMILES string of the molecule is CCCNc1ccc(Cl)cc1C(=O)N(CCOC)C(C)C. The molecule has 0 unspecified atom stereocenters. The van der Waals surface area contributed by atoms with Gasteiger partial charge in [0.1, 0.15) is 0 Å². The lowest BCUT2D eigenvalue weighted by atomic mass is 10.1. The number of benzene rings is 1. The van der Waals surface area contributed by atoms with Gasteiger partial charge in [-0.05, 0) is 38.5 Å². The molecule has 5 heteroatoms. The van der Waals surface area contributed by atoms with Crippen LogP contribution in [0.1, 0.15) is 37.6 Å². The zero-order chi connectivity index (χ0) is 15.8. The summed E-state index contributed by atoms with van der Waals surface area (Å²) in [5.74, 6) is -0.0249. The van der Waals surface area contributed by atoms with Crippen LogP contribution in [0.25, 0.3) is 0 Å². The largest absolute Gasteiger partial charge is 0.384 e. The summed E-state index contributed by atoms with van der Waals surface area (Å²) in [6, 6.07) is 5.49. The maximum atomic E-state index is 12.8. The number of methoxy groups -OCH3 is 1. The first-order valence-corrected chi connectivity index (χ1v) is 7.72. The number of ether oxygens (including phenoxy) is 1. The summed E-state index contributed by atoms with van der Waals surface area (Å²) >= 11 is 6.06. The highest BCUT2D eigenvalue weighted by Crippen LogP contribution is 2.23. The molecule has 0 radical (unpaired) electrons. The number of hydrogen-bond acceptors (Lipinski definition) is 3. The van der Waals surface area contributed by atoms with E-state index in [1.54, 1.807) is 24.1 Å². The number of hydrogen-bond donors (Lipinski definition) is 1. The van der Waals surface area contributed by atoms with Crippen molar-refractivity contribution in [1.82, 2.24) is 4.90 Å². The molecule has 0 aromatic heterocycles. The Hall–Kier alpha value is -1.26. The number of rotatable bonds is 8. The number of carbonyl (C=O) groups is 1. The van der Waals surface area contributed by atoms with Crippen LogP contribution in [0.5, 0.6) is 0 Å². The van der Waals surface area contributed by atoms with Gasteiger partial charge in [-0.2, -0.15) is 0 Å². The van der Waals surface area contributed by atoms with Crippen LogP contribution in [0.3, 0.4) is 0 Å². The van der Waals surface area contributed by atoms with Gasteiger partial charge in [0.15, 0.2) is 0 Å². The second-order valence-corrected chi connectivity index (χ2v) is 5.64. The van der Waals surface area contributed by atoms with Crippen molar-refractivity contribution >= 4 is 23.2 Å². The van der Waals surface area contributed by atoms with Gasteiger partial charge in [0.25, 0.3) is 5.91 Å². The van der Waals surface area contributed by atoms with E-state index in [0.29, 0.717) is 23.7 Å². The van der Waals surface area contributed by atoms with Gasteiger partial charge in [0.05, 0.1) is 12.2 Å². The highest BCUT2D eigenvalue weighted by molar-refractivity contribution is 6.31. The van der Waals surface area contributed by atoms with Crippen LogP contribution in [0.2, 0.25) is 5.02 Å². The Kier molecular flexibility index (Phi) is 7.54. The maximum Gasteiger partial charge on any atom is 0.256 e. The molecule has 1 N–H and O–H groups in total. The fourth-order valence-electron chi connectivity index (χ4n) is 2.05. The summed E-state index contributed by atoms with van der Waals surface area (Å²) in [5.41, 5.74) is 1.44. The van der Waals surface area contributed by atoms with E-state index in [4.69, 9.17) is 16.3 Å². The van der Waals surface area contributed by atoms with Crippen LogP contribution in [0.4, 0.5) is 5.69 Å². The second kappa shape index (κ2) is 8.90. The minimum atomic E-state index is -0.0249. The average Bonchev–Trinajstić information content (AvgIpc) is 2.45. The minimum absolute atomic E-state index is 0.0249. The van der Waals surface area contributed by atoms with E-state index >= 15 is 0 Å². The van der Waals surface area contributed by atoms with Crippen LogP contribution in [-0.4, -0.2) is 43.7 Å². The molecule has 0 aliphatic rings. The van der Waals surface area contributed by atoms with Gasteiger partial charge in [-0.25, -0.2) is 0 Å². The van der Waals surface area contributed by atoms with Gasteiger partial charge in [-0.15, -0.1) is 0 Å². The van der Waals surface area contributed by atoms with Crippen molar-refractivity contribution in [2.75, 3.05) is 32.1 Å². The molecule has 0 aliphatic carbocycles. The number of carbonyl (C=O) groups excluding carboxylic acids is 1. The van der Waals surface area contributed by atoms with Gasteiger partial charge in [-0.1, -0.05) is 18.5 Å². The number of halogens is 1. The van der Waals surface area contributed by atoms with E-state index in [1.807, 2.05) is 19.9 Å². The molecule has 0 saturated carbocycles. The van der Waals surface area contributed by atoms with Crippen LogP contribution in [0, 0.1) is 0 Å². The van der Waals surface area contributed by atoms with E-state index in [1.165, 1.54) is 0 Å². The topological polar surface area (TPSA) is 41.6 Å². The molecule has 4 nitrogen and oxygen atoms in total. The predicted octanol–water partition coefficient (Wildman–Crippen LogP) is 3.66. The summed E-state index contributed by atoms with van der Waals surface area (Å²) < 4.78 is 5.09. The Morgan fingerprint density at radius 1 is 1.43 bits per heavy atom. The van der Waals surface area contributed by atoms with Gasteiger partial charge >= 0.3 is 0 Å². The summed E-state index contributed by atoms with van der Waals surface area (Å²) in [5, 5.41) is 3.85. The third-order valence-corrected chi connectivity index (χ3v) is 3.43. The monoisotopic (exact) mass is 312 g/mol. The van der Waals surface area contributed by atoms with Crippen LogP contribution in [0.15, 0.2) is 18.2 Å². The molecule has 0 bridgehead atoms. The van der Waals surface area contributed by atoms with Gasteiger partial charge in [0, 0.05) is 37.0 Å². The van der Waals surface area contributed by atoms with Gasteiger partial charge in [-0.3, -0.25) is 4.79 Å².